The summed E-state index contributed by atoms with van der Waals surface area (Å²) in [5, 5.41) is 2.64. The Morgan fingerprint density at radius 2 is 1.97 bits per heavy atom. The molecule has 2 atom stereocenters. The van der Waals surface area contributed by atoms with Crippen LogP contribution in [0.2, 0.25) is 0 Å². The molecule has 32 heavy (non-hydrogen) atoms. The zero-order valence-corrected chi connectivity index (χ0v) is 17.5. The van der Waals surface area contributed by atoms with E-state index >= 15 is 0 Å². The van der Waals surface area contributed by atoms with Gasteiger partial charge >= 0.3 is 18.4 Å². The fourth-order valence-corrected chi connectivity index (χ4v) is 4.03. The van der Waals surface area contributed by atoms with Gasteiger partial charge < -0.3 is 30.3 Å². The van der Waals surface area contributed by atoms with Crippen LogP contribution in [0.4, 0.5) is 27.2 Å². The molecule has 0 aromatic heterocycles. The maximum atomic E-state index is 14.2. The molecule has 12 heteroatoms. The van der Waals surface area contributed by atoms with Crippen molar-refractivity contribution in [1.82, 2.24) is 15.1 Å². The van der Waals surface area contributed by atoms with Crippen LogP contribution in [0.5, 0.6) is 5.75 Å². The standard InChI is InChI=1S/C20H26F4N4O4/c1-31-11-12-6-15(10-27(9-12)18(25)29)28(14-3-4-14)19(30)26-8-13-2-5-16(7-17(13)21)32-20(22,23)24/h2,5,7,12,14-15H,3-4,6,8-11H2,1H3,(H2,25,29)(H,26,30)/t12?,15-/m1/s1. The summed E-state index contributed by atoms with van der Waals surface area (Å²) in [5.74, 6) is -1.59. The Kier molecular flexibility index (Phi) is 7.32. The smallest absolute Gasteiger partial charge is 0.406 e. The Morgan fingerprint density at radius 1 is 1.25 bits per heavy atom. The number of urea groups is 2. The van der Waals surface area contributed by atoms with Gasteiger partial charge in [-0.05, 0) is 25.3 Å². The summed E-state index contributed by atoms with van der Waals surface area (Å²) in [6.45, 7) is 0.931. The van der Waals surface area contributed by atoms with Crippen molar-refractivity contribution in [2.24, 2.45) is 11.7 Å². The molecule has 0 radical (unpaired) electrons. The normalized spacial score (nSPS) is 21.2. The topological polar surface area (TPSA) is 97.1 Å². The highest BCUT2D eigenvalue weighted by molar-refractivity contribution is 5.76. The summed E-state index contributed by atoms with van der Waals surface area (Å²) in [7, 11) is 1.56. The number of likely N-dealkylation sites (tertiary alicyclic amines) is 1. The number of carbonyl (C=O) groups excluding carboxylic acids is 2. The van der Waals surface area contributed by atoms with Gasteiger partial charge in [0.1, 0.15) is 11.6 Å². The number of hydrogen-bond acceptors (Lipinski definition) is 4. The van der Waals surface area contributed by atoms with Gasteiger partial charge in [-0.25, -0.2) is 14.0 Å². The zero-order valence-electron chi connectivity index (χ0n) is 17.5. The number of nitrogens with two attached hydrogens (primary N) is 1. The van der Waals surface area contributed by atoms with Gasteiger partial charge in [0.05, 0.1) is 12.6 Å². The Bertz CT molecular complexity index is 834. The average Bonchev–Trinajstić information content (AvgIpc) is 3.51. The van der Waals surface area contributed by atoms with Crippen molar-refractivity contribution < 1.29 is 36.6 Å². The van der Waals surface area contributed by atoms with Crippen LogP contribution in [0, 0.1) is 11.7 Å². The van der Waals surface area contributed by atoms with Crippen molar-refractivity contribution >= 4 is 12.1 Å². The first-order valence-corrected chi connectivity index (χ1v) is 10.2. The molecule has 1 aromatic carbocycles. The van der Waals surface area contributed by atoms with Gasteiger partial charge in [0.15, 0.2) is 0 Å². The SMILES string of the molecule is COCC1C[C@@H](N(C(=O)NCc2ccc(OC(F)(F)F)cc2F)C2CC2)CN(C(N)=O)C1. The van der Waals surface area contributed by atoms with Crippen LogP contribution in [0.1, 0.15) is 24.8 Å². The number of carbonyl (C=O) groups is 2. The lowest BCUT2D eigenvalue weighted by molar-refractivity contribution is -0.274. The molecule has 4 amide bonds. The van der Waals surface area contributed by atoms with Crippen molar-refractivity contribution in [3.63, 3.8) is 0 Å². The average molecular weight is 462 g/mol. The molecular weight excluding hydrogens is 436 g/mol. The van der Waals surface area contributed by atoms with Crippen molar-refractivity contribution in [3.8, 4) is 5.75 Å². The number of piperidine rings is 1. The van der Waals surface area contributed by atoms with Gasteiger partial charge in [-0.2, -0.15) is 0 Å². The molecule has 3 N–H and O–H groups in total. The third kappa shape index (κ3) is 6.38. The lowest BCUT2D eigenvalue weighted by Gasteiger charge is -2.42. The molecule has 1 saturated carbocycles. The fraction of sp³-hybridized carbons (Fsp3) is 0.600. The number of methoxy groups -OCH3 is 1. The van der Waals surface area contributed by atoms with E-state index in [1.54, 1.807) is 12.0 Å². The molecule has 0 spiro atoms. The second-order valence-electron chi connectivity index (χ2n) is 8.05. The van der Waals surface area contributed by atoms with E-state index in [1.807, 2.05) is 0 Å². The van der Waals surface area contributed by atoms with E-state index in [4.69, 9.17) is 10.5 Å². The largest absolute Gasteiger partial charge is 0.573 e. The minimum Gasteiger partial charge on any atom is -0.406 e. The lowest BCUT2D eigenvalue weighted by Crippen LogP contribution is -2.58. The van der Waals surface area contributed by atoms with Crippen LogP contribution in [0.15, 0.2) is 18.2 Å². The number of rotatable bonds is 7. The molecule has 1 aliphatic heterocycles. The van der Waals surface area contributed by atoms with E-state index in [0.717, 1.165) is 25.0 Å². The van der Waals surface area contributed by atoms with Gasteiger partial charge in [0.2, 0.25) is 0 Å². The Hall–Kier alpha value is -2.76. The first-order valence-electron chi connectivity index (χ1n) is 10.2. The minimum atomic E-state index is -4.92. The molecule has 1 unspecified atom stereocenters. The Morgan fingerprint density at radius 3 is 2.53 bits per heavy atom. The number of hydrogen-bond donors (Lipinski definition) is 2. The third-order valence-electron chi connectivity index (χ3n) is 5.49. The summed E-state index contributed by atoms with van der Waals surface area (Å²) in [5.41, 5.74) is 5.48. The minimum absolute atomic E-state index is 0.00318. The van der Waals surface area contributed by atoms with Crippen LogP contribution in [0.3, 0.4) is 0 Å². The molecule has 1 heterocycles. The molecule has 2 fully saturated rings. The van der Waals surface area contributed by atoms with Crippen molar-refractivity contribution in [1.29, 1.82) is 0 Å². The van der Waals surface area contributed by atoms with Crippen LogP contribution < -0.4 is 15.8 Å². The van der Waals surface area contributed by atoms with Crippen LogP contribution in [-0.2, 0) is 11.3 Å². The van der Waals surface area contributed by atoms with Crippen LogP contribution in [0.25, 0.3) is 0 Å². The summed E-state index contributed by atoms with van der Waals surface area (Å²) < 4.78 is 59.9. The van der Waals surface area contributed by atoms with Gasteiger partial charge in [0.25, 0.3) is 0 Å². The van der Waals surface area contributed by atoms with Crippen molar-refractivity contribution in [2.45, 2.75) is 44.3 Å². The summed E-state index contributed by atoms with van der Waals surface area (Å²) in [6.07, 6.45) is -2.67. The molecule has 0 bridgehead atoms. The summed E-state index contributed by atoms with van der Waals surface area (Å²) in [4.78, 5) is 27.9. The molecule has 178 valence electrons. The molecule has 1 saturated heterocycles. The monoisotopic (exact) mass is 462 g/mol. The first kappa shape index (κ1) is 23.9. The van der Waals surface area contributed by atoms with Gasteiger partial charge in [-0.1, -0.05) is 6.07 Å². The number of nitrogens with zero attached hydrogens (tertiary/aromatic N) is 2. The lowest BCUT2D eigenvalue weighted by atomic mass is 9.94. The summed E-state index contributed by atoms with van der Waals surface area (Å²) >= 11 is 0. The maximum absolute atomic E-state index is 14.2. The highest BCUT2D eigenvalue weighted by atomic mass is 19.4. The summed E-state index contributed by atoms with van der Waals surface area (Å²) in [6, 6.07) is 1.44. The number of benzene rings is 1. The zero-order chi connectivity index (χ0) is 23.5. The molecular formula is C20H26F4N4O4. The van der Waals surface area contributed by atoms with Gasteiger partial charge in [-0.3, -0.25) is 0 Å². The number of ether oxygens (including phenoxy) is 2. The number of primary amides is 1. The molecule has 1 aliphatic carbocycles. The van der Waals surface area contributed by atoms with Crippen LogP contribution >= 0.6 is 0 Å². The molecule has 8 nitrogen and oxygen atoms in total. The highest BCUT2D eigenvalue weighted by Crippen LogP contribution is 2.33. The maximum Gasteiger partial charge on any atom is 0.573 e. The van der Waals surface area contributed by atoms with E-state index in [-0.39, 0.29) is 36.7 Å². The third-order valence-corrected chi connectivity index (χ3v) is 5.49. The number of halogens is 4. The second-order valence-corrected chi connectivity index (χ2v) is 8.05. The number of nitrogens with one attached hydrogen (secondary N) is 1. The Labute approximate surface area is 182 Å². The molecule has 3 rings (SSSR count). The van der Waals surface area contributed by atoms with Crippen molar-refractivity contribution in [3.05, 3.63) is 29.6 Å². The quantitative estimate of drug-likeness (QED) is 0.609. The number of alkyl halides is 3. The predicted octanol–water partition coefficient (Wildman–Crippen LogP) is 2.81. The second kappa shape index (κ2) is 9.80. The van der Waals surface area contributed by atoms with E-state index in [1.165, 1.54) is 4.90 Å². The van der Waals surface area contributed by atoms with E-state index in [2.05, 4.69) is 10.1 Å². The van der Waals surface area contributed by atoms with E-state index < -0.39 is 30.0 Å². The van der Waals surface area contributed by atoms with E-state index in [9.17, 15) is 27.2 Å². The Balaban J connectivity index is 1.66. The predicted molar refractivity (Wildman–Crippen MR) is 105 cm³/mol. The molecule has 2 aliphatic rings. The van der Waals surface area contributed by atoms with Gasteiger partial charge in [-0.15, -0.1) is 13.2 Å². The molecule has 1 aromatic rings. The van der Waals surface area contributed by atoms with Crippen molar-refractivity contribution in [2.75, 3.05) is 26.8 Å². The first-order chi connectivity index (χ1) is 15.1. The highest BCUT2D eigenvalue weighted by Gasteiger charge is 2.41. The number of amides is 4. The fourth-order valence-electron chi connectivity index (χ4n) is 4.03. The van der Waals surface area contributed by atoms with E-state index in [0.29, 0.717) is 25.6 Å². The van der Waals surface area contributed by atoms with Gasteiger partial charge in [0, 0.05) is 50.3 Å². The van der Waals surface area contributed by atoms with Crippen LogP contribution in [-0.4, -0.2) is 67.1 Å².